The van der Waals surface area contributed by atoms with Gasteiger partial charge in [-0.1, -0.05) is 23.7 Å². The van der Waals surface area contributed by atoms with Gasteiger partial charge in [0.1, 0.15) is 5.82 Å². The molecule has 3 aromatic rings. The van der Waals surface area contributed by atoms with Gasteiger partial charge < -0.3 is 14.8 Å². The van der Waals surface area contributed by atoms with Crippen LogP contribution in [-0.4, -0.2) is 62.7 Å². The second kappa shape index (κ2) is 8.30. The summed E-state index contributed by atoms with van der Waals surface area (Å²) in [7, 11) is 0. The van der Waals surface area contributed by atoms with Gasteiger partial charge in [0.25, 0.3) is 5.91 Å². The summed E-state index contributed by atoms with van der Waals surface area (Å²) in [4.78, 5) is 41.8. The molecular formula is C23H24ClN5O2. The number of likely N-dealkylation sites (tertiary alicyclic amines) is 2. The van der Waals surface area contributed by atoms with Crippen LogP contribution in [0.4, 0.5) is 0 Å². The maximum absolute atomic E-state index is 13.1. The number of rotatable bonds is 3. The number of fused-ring (bicyclic) bond motifs is 1. The number of halogens is 1. The molecule has 4 heterocycles. The summed E-state index contributed by atoms with van der Waals surface area (Å²) in [6, 6.07) is 9.01. The number of carbonyl (C=O) groups excluding carboxylic acids is 2. The van der Waals surface area contributed by atoms with Crippen LogP contribution in [0.1, 0.15) is 41.4 Å². The highest BCUT2D eigenvalue weighted by Gasteiger charge is 2.35. The second-order valence-electron chi connectivity index (χ2n) is 8.33. The molecule has 160 valence electrons. The summed E-state index contributed by atoms with van der Waals surface area (Å²) in [6.07, 6.45) is 5.80. The predicted octanol–water partition coefficient (Wildman–Crippen LogP) is 3.48. The van der Waals surface area contributed by atoms with Crippen molar-refractivity contribution in [3.05, 3.63) is 59.1 Å². The van der Waals surface area contributed by atoms with Crippen molar-refractivity contribution in [1.29, 1.82) is 0 Å². The minimum Gasteiger partial charge on any atom is -0.342 e. The summed E-state index contributed by atoms with van der Waals surface area (Å²) in [5.74, 6) is 1.26. The summed E-state index contributed by atoms with van der Waals surface area (Å²) >= 11 is 6.17. The lowest BCUT2D eigenvalue weighted by atomic mass is 9.95. The summed E-state index contributed by atoms with van der Waals surface area (Å²) < 4.78 is 0. The number of imidazole rings is 1. The first-order valence-corrected chi connectivity index (χ1v) is 11.1. The summed E-state index contributed by atoms with van der Waals surface area (Å²) in [6.45, 7) is 2.59. The van der Waals surface area contributed by atoms with E-state index in [0.29, 0.717) is 43.1 Å². The van der Waals surface area contributed by atoms with Crippen LogP contribution in [0.5, 0.6) is 0 Å². The van der Waals surface area contributed by atoms with E-state index < -0.39 is 0 Å². The average Bonchev–Trinajstić information content (AvgIpc) is 3.46. The zero-order valence-electron chi connectivity index (χ0n) is 17.1. The highest BCUT2D eigenvalue weighted by Crippen LogP contribution is 2.30. The number of aromatic amines is 1. The summed E-state index contributed by atoms with van der Waals surface area (Å²) in [5.41, 5.74) is 2.36. The van der Waals surface area contributed by atoms with E-state index in [-0.39, 0.29) is 23.7 Å². The van der Waals surface area contributed by atoms with Crippen molar-refractivity contribution in [2.75, 3.05) is 26.2 Å². The molecule has 1 N–H and O–H groups in total. The largest absolute Gasteiger partial charge is 0.342 e. The Morgan fingerprint density at radius 3 is 2.58 bits per heavy atom. The lowest BCUT2D eigenvalue weighted by Gasteiger charge is -2.33. The first-order valence-electron chi connectivity index (χ1n) is 10.7. The van der Waals surface area contributed by atoms with Crippen molar-refractivity contribution in [3.63, 3.8) is 0 Å². The van der Waals surface area contributed by atoms with Crippen LogP contribution in [-0.2, 0) is 4.79 Å². The minimum atomic E-state index is -0.0582. The van der Waals surface area contributed by atoms with E-state index in [1.165, 1.54) is 0 Å². The van der Waals surface area contributed by atoms with Crippen LogP contribution in [0.25, 0.3) is 11.0 Å². The Kier molecular flexibility index (Phi) is 5.36. The van der Waals surface area contributed by atoms with Crippen LogP contribution in [0.2, 0.25) is 5.02 Å². The Bertz CT molecular complexity index is 1090. The van der Waals surface area contributed by atoms with Gasteiger partial charge in [-0.3, -0.25) is 14.6 Å². The Balaban J connectivity index is 1.18. The highest BCUT2D eigenvalue weighted by molar-refractivity contribution is 6.33. The number of pyridine rings is 1. The SMILES string of the molecule is O=C(c1ccccc1Cl)N1CCC(C(=O)N2CCC(c3nc4ccncc4[nH]3)C2)CC1. The van der Waals surface area contributed by atoms with Crippen molar-refractivity contribution >= 4 is 34.4 Å². The fourth-order valence-corrected chi connectivity index (χ4v) is 4.86. The number of benzene rings is 1. The molecule has 2 aliphatic heterocycles. The van der Waals surface area contributed by atoms with Gasteiger partial charge in [0.2, 0.25) is 5.91 Å². The van der Waals surface area contributed by atoms with Crippen molar-refractivity contribution < 1.29 is 9.59 Å². The Hall–Kier alpha value is -2.93. The van der Waals surface area contributed by atoms with E-state index in [2.05, 4.69) is 15.0 Å². The van der Waals surface area contributed by atoms with Crippen LogP contribution in [0.15, 0.2) is 42.7 Å². The smallest absolute Gasteiger partial charge is 0.255 e. The number of H-pyrrole nitrogens is 1. The molecule has 2 fully saturated rings. The van der Waals surface area contributed by atoms with Crippen LogP contribution >= 0.6 is 11.6 Å². The molecule has 1 aromatic carbocycles. The lowest BCUT2D eigenvalue weighted by Crippen LogP contribution is -2.44. The third kappa shape index (κ3) is 3.90. The van der Waals surface area contributed by atoms with Crippen molar-refractivity contribution in [3.8, 4) is 0 Å². The van der Waals surface area contributed by atoms with Crippen molar-refractivity contribution in [2.24, 2.45) is 5.92 Å². The molecule has 0 aliphatic carbocycles. The Labute approximate surface area is 185 Å². The first-order chi connectivity index (χ1) is 15.1. The third-order valence-corrected chi connectivity index (χ3v) is 6.75. The molecule has 1 unspecified atom stereocenters. The van der Waals surface area contributed by atoms with Crippen LogP contribution in [0.3, 0.4) is 0 Å². The monoisotopic (exact) mass is 437 g/mol. The molecule has 5 rings (SSSR count). The number of hydrogen-bond acceptors (Lipinski definition) is 4. The molecule has 7 nitrogen and oxygen atoms in total. The van der Waals surface area contributed by atoms with Gasteiger partial charge in [0.15, 0.2) is 0 Å². The number of nitrogens with zero attached hydrogens (tertiary/aromatic N) is 4. The van der Waals surface area contributed by atoms with E-state index in [1.54, 1.807) is 29.4 Å². The van der Waals surface area contributed by atoms with E-state index >= 15 is 0 Å². The molecule has 2 amide bonds. The van der Waals surface area contributed by atoms with Crippen molar-refractivity contribution in [2.45, 2.75) is 25.2 Å². The number of hydrogen-bond donors (Lipinski definition) is 1. The van der Waals surface area contributed by atoms with Gasteiger partial charge in [-0.2, -0.15) is 0 Å². The molecule has 2 saturated heterocycles. The van der Waals surface area contributed by atoms with E-state index in [1.807, 2.05) is 23.1 Å². The molecule has 1 atom stereocenters. The van der Waals surface area contributed by atoms with E-state index in [4.69, 9.17) is 11.6 Å². The fraction of sp³-hybridized carbons (Fsp3) is 0.391. The predicted molar refractivity (Wildman–Crippen MR) is 118 cm³/mol. The Morgan fingerprint density at radius 2 is 1.81 bits per heavy atom. The molecular weight excluding hydrogens is 414 g/mol. The highest BCUT2D eigenvalue weighted by atomic mass is 35.5. The van der Waals surface area contributed by atoms with E-state index in [0.717, 1.165) is 29.8 Å². The lowest BCUT2D eigenvalue weighted by molar-refractivity contribution is -0.135. The van der Waals surface area contributed by atoms with Gasteiger partial charge >= 0.3 is 0 Å². The van der Waals surface area contributed by atoms with Crippen LogP contribution < -0.4 is 0 Å². The molecule has 0 spiro atoms. The normalized spacial score (nSPS) is 19.8. The zero-order valence-corrected chi connectivity index (χ0v) is 17.9. The van der Waals surface area contributed by atoms with Gasteiger partial charge in [0, 0.05) is 44.2 Å². The number of aromatic nitrogens is 3. The maximum atomic E-state index is 13.1. The maximum Gasteiger partial charge on any atom is 0.255 e. The molecule has 8 heteroatoms. The molecule has 0 saturated carbocycles. The van der Waals surface area contributed by atoms with Crippen LogP contribution in [0, 0.1) is 5.92 Å². The molecule has 2 aliphatic rings. The summed E-state index contributed by atoms with van der Waals surface area (Å²) in [5, 5.41) is 0.468. The molecule has 0 radical (unpaired) electrons. The zero-order chi connectivity index (χ0) is 21.4. The van der Waals surface area contributed by atoms with Gasteiger partial charge in [-0.15, -0.1) is 0 Å². The van der Waals surface area contributed by atoms with E-state index in [9.17, 15) is 9.59 Å². The number of nitrogens with one attached hydrogen (secondary N) is 1. The first kappa shape index (κ1) is 20.0. The number of carbonyl (C=O) groups is 2. The standard InChI is InChI=1S/C23H24ClN5O2/c24-18-4-2-1-3-17(18)23(31)28-10-6-15(7-11-28)22(30)29-12-8-16(14-29)21-26-19-5-9-25-13-20(19)27-21/h1-5,9,13,15-16H,6-8,10-12,14H2,(H,26,27). The molecule has 0 bridgehead atoms. The average molecular weight is 438 g/mol. The quantitative estimate of drug-likeness (QED) is 0.680. The third-order valence-electron chi connectivity index (χ3n) is 6.42. The van der Waals surface area contributed by atoms with Gasteiger partial charge in [0.05, 0.1) is 27.8 Å². The number of piperidine rings is 1. The number of amides is 2. The second-order valence-corrected chi connectivity index (χ2v) is 8.74. The van der Waals surface area contributed by atoms with Gasteiger partial charge in [-0.05, 0) is 37.5 Å². The fourth-order valence-electron chi connectivity index (χ4n) is 4.65. The minimum absolute atomic E-state index is 0.0334. The van der Waals surface area contributed by atoms with Crippen molar-refractivity contribution in [1.82, 2.24) is 24.8 Å². The molecule has 31 heavy (non-hydrogen) atoms. The Morgan fingerprint density at radius 1 is 1.03 bits per heavy atom. The van der Waals surface area contributed by atoms with Gasteiger partial charge in [-0.25, -0.2) is 4.98 Å². The molecule has 2 aromatic heterocycles. The topological polar surface area (TPSA) is 82.2 Å².